The normalized spacial score (nSPS) is 12.5. The van der Waals surface area contributed by atoms with E-state index >= 15 is 0 Å². The third-order valence-electron chi connectivity index (χ3n) is 19.4. The van der Waals surface area contributed by atoms with E-state index in [4.69, 9.17) is 190 Å². The number of methoxy groups -OCH3 is 3. The van der Waals surface area contributed by atoms with Crippen LogP contribution in [0.4, 0.5) is 40.1 Å². The van der Waals surface area contributed by atoms with Crippen LogP contribution < -0.4 is 62.8 Å². The first-order valence-corrected chi connectivity index (χ1v) is 41.4. The van der Waals surface area contributed by atoms with Crippen molar-refractivity contribution in [2.45, 2.75) is 126 Å². The van der Waals surface area contributed by atoms with Crippen LogP contribution in [0.15, 0.2) is 72.8 Å². The summed E-state index contributed by atoms with van der Waals surface area (Å²) in [6.07, 6.45) is 7.22. The summed E-state index contributed by atoms with van der Waals surface area (Å²) >= 11 is 68.3. The fourth-order valence-corrected chi connectivity index (χ4v) is 16.8. The first-order chi connectivity index (χ1) is 56.9. The highest BCUT2D eigenvalue weighted by molar-refractivity contribution is 6.40. The molecule has 12 aromatic rings. The number of hydrogen-bond acceptors (Lipinski definition) is 24. The van der Waals surface area contributed by atoms with Crippen LogP contribution in [-0.4, -0.2) is 100 Å². The zero-order valence-electron chi connectivity index (χ0n) is 67.0. The Kier molecular flexibility index (Phi) is 30.1. The van der Waals surface area contributed by atoms with E-state index in [-0.39, 0.29) is 58.5 Å². The highest BCUT2D eigenvalue weighted by Gasteiger charge is 2.30. The second-order valence-electron chi connectivity index (χ2n) is 28.2. The number of benzene rings is 6. The summed E-state index contributed by atoms with van der Waals surface area (Å²) in [5, 5.41) is 5.36. The molecule has 6 aromatic carbocycles. The van der Waals surface area contributed by atoms with Crippen LogP contribution in [0.1, 0.15) is 114 Å². The molecule has 0 radical (unpaired) electrons. The van der Waals surface area contributed by atoms with Crippen molar-refractivity contribution in [1.29, 1.82) is 0 Å². The maximum absolute atomic E-state index is 13.6. The number of hydrogen-bond donors (Lipinski definition) is 6. The summed E-state index contributed by atoms with van der Waals surface area (Å²) < 4.78 is 45.9. The number of nitrogens with two attached hydrogens (primary N) is 6. The maximum atomic E-state index is 13.6. The Labute approximate surface area is 748 Å². The number of nitrogen functional groups attached to an aromatic ring is 6. The zero-order valence-corrected chi connectivity index (χ0v) is 75.3. The number of nitrogens with zero attached hydrogens (tertiary/aromatic N) is 12. The molecule has 0 unspecified atom stereocenters. The van der Waals surface area contributed by atoms with Crippen molar-refractivity contribution in [3.8, 4) is 102 Å². The summed E-state index contributed by atoms with van der Waals surface area (Å²) in [5.41, 5.74) is 54.6. The highest BCUT2D eigenvalue weighted by Crippen LogP contribution is 2.49. The van der Waals surface area contributed by atoms with Gasteiger partial charge in [0.15, 0.2) is 11.6 Å². The van der Waals surface area contributed by atoms with Crippen molar-refractivity contribution in [3.63, 3.8) is 0 Å². The van der Waals surface area contributed by atoms with E-state index in [0.717, 1.165) is 158 Å². The van der Waals surface area contributed by atoms with Gasteiger partial charge in [0.25, 0.3) is 0 Å². The Hall–Kier alpha value is -9.48. The van der Waals surface area contributed by atoms with Gasteiger partial charge in [0.1, 0.15) is 28.7 Å². The minimum absolute atomic E-state index is 0.0127. The van der Waals surface area contributed by atoms with E-state index in [2.05, 4.69) is 73.7 Å². The number of fused-ring (bicyclic) bond motifs is 4. The molecule has 0 saturated carbocycles. The van der Waals surface area contributed by atoms with E-state index in [1.165, 1.54) is 13.2 Å². The second-order valence-corrected chi connectivity index (χ2v) is 32.7. The molecule has 6 aromatic heterocycles. The number of aromatic nitrogens is 12. The lowest BCUT2D eigenvalue weighted by Crippen LogP contribution is -2.06. The molecule has 36 heteroatoms. The molecule has 0 fully saturated rings. The molecule has 4 aliphatic rings. The van der Waals surface area contributed by atoms with Gasteiger partial charge in [-0.15, -0.1) is 0 Å². The van der Waals surface area contributed by atoms with Gasteiger partial charge < -0.3 is 62.8 Å². The predicted molar refractivity (Wildman–Crippen MR) is 482 cm³/mol. The Balaban J connectivity index is 0.000000141. The number of ether oxygens (including phenoxy) is 6. The van der Waals surface area contributed by atoms with Gasteiger partial charge >= 0.3 is 0 Å². The fourth-order valence-electron chi connectivity index (χ4n) is 13.6. The van der Waals surface area contributed by atoms with Crippen molar-refractivity contribution in [1.82, 2.24) is 59.8 Å². The van der Waals surface area contributed by atoms with Gasteiger partial charge in [-0.2, -0.15) is 0 Å². The molecule has 0 spiro atoms. The largest absolute Gasteiger partial charge is 0.495 e. The molecule has 12 N–H and O–H groups in total. The average molecular weight is 1850 g/mol. The van der Waals surface area contributed by atoms with Gasteiger partial charge in [-0.1, -0.05) is 141 Å². The first kappa shape index (κ1) is 91.3. The van der Waals surface area contributed by atoms with E-state index in [1.54, 1.807) is 68.8 Å². The molecule has 2 aliphatic carbocycles. The summed E-state index contributed by atoms with van der Waals surface area (Å²) in [5.74, 6) is 4.32. The number of halogens is 12. The molecular formula is C84H82Cl11FN18O6. The number of aryl methyl sites for hydroxylation is 5. The maximum Gasteiger partial charge on any atom is 0.220 e. The quantitative estimate of drug-likeness (QED) is 0.0661. The lowest BCUT2D eigenvalue weighted by molar-refractivity contribution is 0.242. The number of rotatable bonds is 12. The Morgan fingerprint density at radius 2 is 0.742 bits per heavy atom. The van der Waals surface area contributed by atoms with E-state index < -0.39 is 5.82 Å². The lowest BCUT2D eigenvalue weighted by Gasteiger charge is -2.14. The van der Waals surface area contributed by atoms with Crippen LogP contribution in [0.2, 0.25) is 55.2 Å². The molecule has 0 atom stereocenters. The smallest absolute Gasteiger partial charge is 0.220 e. The summed E-state index contributed by atoms with van der Waals surface area (Å²) in [4.78, 5) is 50.9. The van der Waals surface area contributed by atoms with Gasteiger partial charge in [0.2, 0.25) is 35.7 Å². The minimum Gasteiger partial charge on any atom is -0.495 e. The Morgan fingerprint density at radius 1 is 0.350 bits per heavy atom. The Bertz CT molecular complexity index is 5800. The van der Waals surface area contributed by atoms with Crippen LogP contribution in [0, 0.1) is 40.4 Å². The minimum atomic E-state index is -0.500. The predicted octanol–water partition coefficient (Wildman–Crippen LogP) is 22.0. The van der Waals surface area contributed by atoms with Crippen molar-refractivity contribution in [3.05, 3.63) is 201 Å². The summed E-state index contributed by atoms with van der Waals surface area (Å²) in [6.45, 7) is 18.7. The van der Waals surface area contributed by atoms with Crippen LogP contribution in [0.3, 0.4) is 0 Å². The van der Waals surface area contributed by atoms with Gasteiger partial charge in [0.05, 0.1) is 130 Å². The number of anilines is 6. The molecule has 0 bridgehead atoms. The van der Waals surface area contributed by atoms with Crippen LogP contribution in [0.5, 0.6) is 34.5 Å². The Morgan fingerprint density at radius 3 is 1.23 bits per heavy atom. The SMILES string of the molecule is CC(C)c1cc(-c2c(Cl)cc(Cl)c3c2CCO3)nc(N)n1.COc1cc(-c2nc(N)nc(C)c2C)c(Cl)cc1Cl.COc1cc(-c2nc(N)nc3c2CCC3)c(Cl)cc1Cl.COc1cc(-c2nc(N)nc3c2CCC3)c(Cl)cc1F.Cc1cc(-c2cc(OC(C)C)c(Cl)cc2Cl)nc(N)n1.Cc1nc(N)nc(-c2c(Cl)cc(Cl)c3c2CCO3)c1C. The van der Waals surface area contributed by atoms with E-state index in [1.807, 2.05) is 60.6 Å². The van der Waals surface area contributed by atoms with Gasteiger partial charge in [-0.05, 0) is 177 Å². The fraction of sp³-hybridized carbons (Fsp3) is 0.286. The highest BCUT2D eigenvalue weighted by atomic mass is 35.5. The van der Waals surface area contributed by atoms with Crippen molar-refractivity contribution in [2.24, 2.45) is 0 Å². The van der Waals surface area contributed by atoms with Crippen LogP contribution in [-0.2, 0) is 38.5 Å². The third kappa shape index (κ3) is 21.0. The molecule has 2 aliphatic heterocycles. The van der Waals surface area contributed by atoms with Crippen LogP contribution >= 0.6 is 128 Å². The van der Waals surface area contributed by atoms with Gasteiger partial charge in [0, 0.05) is 103 Å². The van der Waals surface area contributed by atoms with E-state index in [9.17, 15) is 4.39 Å². The van der Waals surface area contributed by atoms with Crippen molar-refractivity contribution >= 4 is 163 Å². The molecule has 0 amide bonds. The second kappa shape index (κ2) is 39.6. The molecule has 8 heterocycles. The molecule has 24 nitrogen and oxygen atoms in total. The van der Waals surface area contributed by atoms with Gasteiger partial charge in [-0.3, -0.25) is 0 Å². The van der Waals surface area contributed by atoms with E-state index in [0.29, 0.717) is 120 Å². The third-order valence-corrected chi connectivity index (χ3v) is 22.6. The molecule has 16 rings (SSSR count). The van der Waals surface area contributed by atoms with Crippen molar-refractivity contribution < 1.29 is 32.8 Å². The van der Waals surface area contributed by atoms with Crippen LogP contribution in [0.25, 0.3) is 67.5 Å². The summed E-state index contributed by atoms with van der Waals surface area (Å²) in [7, 11) is 4.53. The standard InChI is InChI=1S/C15H15Cl2N3O.2C14H13Cl2N3O.C14H15Cl2N3O.C14H13ClFN3O.C13H13Cl2N3O/c1-7(2)11-6-12(20-15(18)19-11)13-8-3-4-21-14(8)10(17)5-9(13)16;1-6-7(2)18-14(17)19-12(6)11-8-3-4-20-13(8)10(16)5-9(11)15;1-20-12-5-8(9(15)6-10(12)16)13-7-3-2-4-11(7)18-14(17)19-13;1-7(2)20-13-5-9(10(15)6-11(13)16)12-4-8(3)18-14(17)19-12;1-20-12-5-8(9(15)6-10(12)16)13-7-3-2-4-11(7)18-14(17)19-13;1-6-7(2)17-13(16)18-12(6)8-4-11(19-3)10(15)5-9(8)14/h5-7H,3-4H2,1-2H3,(H2,18,19,20);5H,3-4H2,1-2H3,(H2,17,18,19);5-6H,2-4H2,1H3,(H2,17,18,19);4-7H,1-3H3,(H2,17,18,19);5-6H,2-4H2,1H3,(H2,17,18,19);4-5H,1-3H3,(H2,16,17,18). The molecule has 120 heavy (non-hydrogen) atoms. The molecule has 0 saturated heterocycles. The lowest BCUT2D eigenvalue weighted by atomic mass is 9.98. The molecule has 628 valence electrons. The topological polar surface area (TPSA) is 366 Å². The molecular weight excluding hydrogens is 1770 g/mol. The first-order valence-electron chi connectivity index (χ1n) is 37.3. The van der Waals surface area contributed by atoms with Gasteiger partial charge in [-0.25, -0.2) is 64.2 Å². The average Bonchev–Trinajstić information content (AvgIpc) is 1.51. The zero-order chi connectivity index (χ0) is 87.2. The monoisotopic (exact) mass is 1840 g/mol. The summed E-state index contributed by atoms with van der Waals surface area (Å²) in [6, 6.07) is 20.2. The van der Waals surface area contributed by atoms with Crippen molar-refractivity contribution in [2.75, 3.05) is 68.9 Å².